The fraction of sp³-hybridized carbons (Fsp3) is 0.0435. The molecule has 0 saturated carbocycles. The zero-order valence-corrected chi connectivity index (χ0v) is 25.6. The third-order valence-corrected chi connectivity index (χ3v) is 10.7. The van der Waals surface area contributed by atoms with E-state index in [1.54, 1.807) is 0 Å². The molecular formula is C46H30. The molecule has 0 aromatic heterocycles. The van der Waals surface area contributed by atoms with Crippen LogP contribution >= 0.6 is 0 Å². The van der Waals surface area contributed by atoms with Crippen LogP contribution < -0.4 is 0 Å². The molecule has 0 amide bonds. The molecule has 0 bridgehead atoms. The van der Waals surface area contributed by atoms with Crippen LogP contribution in [-0.2, 0) is 5.41 Å². The summed E-state index contributed by atoms with van der Waals surface area (Å²) in [5.41, 5.74) is 11.6. The Morgan fingerprint density at radius 3 is 1.63 bits per heavy atom. The van der Waals surface area contributed by atoms with Crippen LogP contribution in [0, 0.1) is 0 Å². The maximum absolute atomic E-state index is 2.48. The lowest BCUT2D eigenvalue weighted by Crippen LogP contribution is -2.22. The smallest absolute Gasteiger partial charge is 0.0441 e. The van der Waals surface area contributed by atoms with Crippen molar-refractivity contribution in [2.45, 2.75) is 12.3 Å². The summed E-state index contributed by atoms with van der Waals surface area (Å²) >= 11 is 0. The predicted octanol–water partition coefficient (Wildman–Crippen LogP) is 12.4. The van der Waals surface area contributed by atoms with Crippen LogP contribution in [0.1, 0.15) is 23.6 Å². The minimum Gasteiger partial charge on any atom is -0.0622 e. The number of hydrogen-bond acceptors (Lipinski definition) is 0. The predicted molar refractivity (Wildman–Crippen MR) is 196 cm³/mol. The number of rotatable bonds is 3. The van der Waals surface area contributed by atoms with Gasteiger partial charge in [-0.3, -0.25) is 0 Å². The number of hydrogen-bond donors (Lipinski definition) is 0. The van der Waals surface area contributed by atoms with Gasteiger partial charge in [-0.1, -0.05) is 158 Å². The maximum Gasteiger partial charge on any atom is 0.0441 e. The van der Waals surface area contributed by atoms with Crippen LogP contribution in [0.4, 0.5) is 0 Å². The van der Waals surface area contributed by atoms with Gasteiger partial charge in [0.15, 0.2) is 0 Å². The molecule has 9 aromatic carbocycles. The number of benzene rings is 9. The van der Waals surface area contributed by atoms with Crippen molar-refractivity contribution in [2.75, 3.05) is 0 Å². The van der Waals surface area contributed by atoms with Crippen molar-refractivity contribution in [3.8, 4) is 33.4 Å². The van der Waals surface area contributed by atoms with E-state index >= 15 is 0 Å². The summed E-state index contributed by atoms with van der Waals surface area (Å²) in [5.74, 6) is 0. The van der Waals surface area contributed by atoms with Gasteiger partial charge >= 0.3 is 0 Å². The van der Waals surface area contributed by atoms with Crippen LogP contribution in [0.2, 0.25) is 0 Å². The monoisotopic (exact) mass is 582 g/mol. The molecule has 0 radical (unpaired) electrons. The Kier molecular flexibility index (Phi) is 5.23. The molecule has 9 aromatic rings. The molecule has 1 unspecified atom stereocenters. The summed E-state index contributed by atoms with van der Waals surface area (Å²) in [6, 6.07) is 61.0. The van der Waals surface area contributed by atoms with E-state index in [1.807, 2.05) is 0 Å². The van der Waals surface area contributed by atoms with Crippen LogP contribution in [0.15, 0.2) is 164 Å². The first-order valence-electron chi connectivity index (χ1n) is 16.2. The zero-order valence-electron chi connectivity index (χ0n) is 25.6. The quantitative estimate of drug-likeness (QED) is 0.182. The zero-order chi connectivity index (χ0) is 30.4. The van der Waals surface area contributed by atoms with E-state index in [4.69, 9.17) is 0 Å². The Balaban J connectivity index is 1.24. The lowest BCUT2D eigenvalue weighted by molar-refractivity contribution is 0.720. The second-order valence-electron chi connectivity index (χ2n) is 13.0. The van der Waals surface area contributed by atoms with Crippen molar-refractivity contribution >= 4 is 43.1 Å². The molecule has 0 saturated heterocycles. The second kappa shape index (κ2) is 9.39. The van der Waals surface area contributed by atoms with Gasteiger partial charge in [0.25, 0.3) is 0 Å². The van der Waals surface area contributed by atoms with Crippen LogP contribution in [0.3, 0.4) is 0 Å². The first kappa shape index (κ1) is 25.6. The van der Waals surface area contributed by atoms with Gasteiger partial charge < -0.3 is 0 Å². The van der Waals surface area contributed by atoms with E-state index in [0.29, 0.717) is 0 Å². The molecule has 1 aliphatic carbocycles. The van der Waals surface area contributed by atoms with Crippen molar-refractivity contribution in [2.24, 2.45) is 0 Å². The Labute approximate surface area is 268 Å². The van der Waals surface area contributed by atoms with Crippen molar-refractivity contribution in [3.63, 3.8) is 0 Å². The van der Waals surface area contributed by atoms with Gasteiger partial charge in [-0.2, -0.15) is 0 Å². The molecule has 0 aliphatic heterocycles. The van der Waals surface area contributed by atoms with Crippen LogP contribution in [0.25, 0.3) is 76.5 Å². The van der Waals surface area contributed by atoms with Gasteiger partial charge in [0.05, 0.1) is 0 Å². The Morgan fingerprint density at radius 1 is 0.370 bits per heavy atom. The minimum atomic E-state index is -0.281. The summed E-state index contributed by atoms with van der Waals surface area (Å²) in [5, 5.41) is 10.5. The fourth-order valence-electron chi connectivity index (χ4n) is 8.52. The third-order valence-electron chi connectivity index (χ3n) is 10.7. The second-order valence-corrected chi connectivity index (χ2v) is 13.0. The van der Waals surface area contributed by atoms with E-state index in [9.17, 15) is 0 Å². The molecule has 0 fully saturated rings. The summed E-state index contributed by atoms with van der Waals surface area (Å²) in [4.78, 5) is 0. The molecule has 214 valence electrons. The molecule has 1 aliphatic rings. The van der Waals surface area contributed by atoms with E-state index in [2.05, 4.69) is 171 Å². The van der Waals surface area contributed by atoms with Gasteiger partial charge in [-0.25, -0.2) is 0 Å². The topological polar surface area (TPSA) is 0 Å². The largest absolute Gasteiger partial charge is 0.0622 e. The van der Waals surface area contributed by atoms with E-state index in [1.165, 1.54) is 93.2 Å². The Hall–Kier alpha value is -5.72. The SMILES string of the molecule is CC1(c2ccccc2)c2cc(-c3ccc4ccc5c(-c6ccccc6)ccc6ccc3c4c65)ccc2-c2ccc3ccccc3c21. The highest BCUT2D eigenvalue weighted by Crippen LogP contribution is 2.55. The van der Waals surface area contributed by atoms with Crippen LogP contribution in [-0.4, -0.2) is 0 Å². The Bertz CT molecular complexity index is 2630. The average Bonchev–Trinajstić information content (AvgIpc) is 3.39. The lowest BCUT2D eigenvalue weighted by Gasteiger charge is -2.30. The molecular weight excluding hydrogens is 553 g/mol. The fourth-order valence-corrected chi connectivity index (χ4v) is 8.52. The van der Waals surface area contributed by atoms with E-state index in [0.717, 1.165) is 0 Å². The van der Waals surface area contributed by atoms with Gasteiger partial charge in [0, 0.05) is 5.41 Å². The van der Waals surface area contributed by atoms with Crippen molar-refractivity contribution in [1.82, 2.24) is 0 Å². The van der Waals surface area contributed by atoms with Crippen molar-refractivity contribution in [3.05, 3.63) is 180 Å². The first-order valence-corrected chi connectivity index (χ1v) is 16.2. The highest BCUT2D eigenvalue weighted by Gasteiger charge is 2.42. The molecule has 46 heavy (non-hydrogen) atoms. The van der Waals surface area contributed by atoms with Crippen molar-refractivity contribution in [1.29, 1.82) is 0 Å². The van der Waals surface area contributed by atoms with Crippen LogP contribution in [0.5, 0.6) is 0 Å². The van der Waals surface area contributed by atoms with Gasteiger partial charge in [-0.05, 0) is 106 Å². The summed E-state index contributed by atoms with van der Waals surface area (Å²) < 4.78 is 0. The molecule has 10 rings (SSSR count). The minimum absolute atomic E-state index is 0.281. The third kappa shape index (κ3) is 3.39. The highest BCUT2D eigenvalue weighted by atomic mass is 14.4. The standard InChI is InChI=1S/C46H30/c1-46(34-13-6-3-7-14-34)42-28-33(21-24-38(42)41-27-16-30-12-8-9-15-37(30)45(41)46)36-23-18-32-19-25-39-35(29-10-4-2-5-11-29)22-17-31-20-26-40(36)44(32)43(31)39/h2-28H,1H3. The highest BCUT2D eigenvalue weighted by molar-refractivity contribution is 6.27. The normalized spacial score (nSPS) is 15.6. The molecule has 0 nitrogen and oxygen atoms in total. The lowest BCUT2D eigenvalue weighted by atomic mass is 9.72. The van der Waals surface area contributed by atoms with E-state index < -0.39 is 0 Å². The maximum atomic E-state index is 2.48. The van der Waals surface area contributed by atoms with Gasteiger partial charge in [0.2, 0.25) is 0 Å². The van der Waals surface area contributed by atoms with Gasteiger partial charge in [0.1, 0.15) is 0 Å². The van der Waals surface area contributed by atoms with Crippen molar-refractivity contribution < 1.29 is 0 Å². The van der Waals surface area contributed by atoms with Gasteiger partial charge in [-0.15, -0.1) is 0 Å². The summed E-state index contributed by atoms with van der Waals surface area (Å²) in [7, 11) is 0. The van der Waals surface area contributed by atoms with E-state index in [-0.39, 0.29) is 5.41 Å². The molecule has 0 N–H and O–H groups in total. The molecule has 0 spiro atoms. The molecule has 0 heterocycles. The number of fused-ring (bicyclic) bond motifs is 5. The summed E-state index contributed by atoms with van der Waals surface area (Å²) in [6.07, 6.45) is 0. The molecule has 1 atom stereocenters. The summed E-state index contributed by atoms with van der Waals surface area (Å²) in [6.45, 7) is 2.43. The Morgan fingerprint density at radius 2 is 0.913 bits per heavy atom. The molecule has 0 heteroatoms. The average molecular weight is 583 g/mol. The first-order chi connectivity index (χ1) is 22.7.